The van der Waals surface area contributed by atoms with E-state index >= 15 is 0 Å². The average molecular weight is 224 g/mol. The Labute approximate surface area is 85.9 Å². The van der Waals surface area contributed by atoms with E-state index in [2.05, 4.69) is 0 Å². The van der Waals surface area contributed by atoms with Crippen molar-refractivity contribution in [1.29, 1.82) is 0 Å². The first-order chi connectivity index (χ1) is 6.58. The molecular formula is C8H20N2O3S. The Morgan fingerprint density at radius 2 is 2.00 bits per heavy atom. The molecule has 14 heavy (non-hydrogen) atoms. The number of rotatable bonds is 8. The van der Waals surface area contributed by atoms with Crippen LogP contribution < -0.4 is 5.73 Å². The zero-order valence-corrected chi connectivity index (χ0v) is 9.46. The molecule has 5 nitrogen and oxygen atoms in total. The van der Waals surface area contributed by atoms with Gasteiger partial charge < -0.3 is 10.8 Å². The van der Waals surface area contributed by atoms with Crippen LogP contribution in [-0.4, -0.2) is 49.8 Å². The van der Waals surface area contributed by atoms with Gasteiger partial charge in [-0.15, -0.1) is 0 Å². The van der Waals surface area contributed by atoms with Crippen LogP contribution in [0.2, 0.25) is 0 Å². The molecule has 0 rings (SSSR count). The summed E-state index contributed by atoms with van der Waals surface area (Å²) in [6.07, 6.45) is 1.22. The first kappa shape index (κ1) is 13.8. The Morgan fingerprint density at radius 1 is 1.36 bits per heavy atom. The Morgan fingerprint density at radius 3 is 2.43 bits per heavy atom. The Bertz CT molecular complexity index is 223. The third kappa shape index (κ3) is 4.90. The Balaban J connectivity index is 4.29. The topological polar surface area (TPSA) is 83.6 Å². The second-order valence-electron chi connectivity index (χ2n) is 3.08. The van der Waals surface area contributed by atoms with E-state index in [0.29, 0.717) is 19.5 Å². The fraction of sp³-hybridized carbons (Fsp3) is 1.00. The van der Waals surface area contributed by atoms with Gasteiger partial charge in [0.05, 0.1) is 12.4 Å². The molecule has 0 atom stereocenters. The van der Waals surface area contributed by atoms with Crippen molar-refractivity contribution in [2.24, 2.45) is 5.73 Å². The molecule has 0 aromatic heterocycles. The van der Waals surface area contributed by atoms with Crippen LogP contribution in [0.3, 0.4) is 0 Å². The molecule has 3 N–H and O–H groups in total. The zero-order chi connectivity index (χ0) is 11.0. The van der Waals surface area contributed by atoms with Crippen LogP contribution in [0.1, 0.15) is 19.8 Å². The van der Waals surface area contributed by atoms with Gasteiger partial charge in [-0.1, -0.05) is 6.92 Å². The summed E-state index contributed by atoms with van der Waals surface area (Å²) in [6.45, 7) is 2.79. The molecule has 0 bridgehead atoms. The SMILES string of the molecule is CCCN(CCO)S(=O)(=O)CCCN. The zero-order valence-electron chi connectivity index (χ0n) is 8.65. The van der Waals surface area contributed by atoms with Crippen LogP contribution in [0.25, 0.3) is 0 Å². The lowest BCUT2D eigenvalue weighted by atomic mass is 10.5. The first-order valence-electron chi connectivity index (χ1n) is 4.87. The molecule has 0 aliphatic carbocycles. The van der Waals surface area contributed by atoms with Crippen molar-refractivity contribution in [3.8, 4) is 0 Å². The molecule has 0 amide bonds. The van der Waals surface area contributed by atoms with Crippen molar-refractivity contribution in [1.82, 2.24) is 4.31 Å². The summed E-state index contributed by atoms with van der Waals surface area (Å²) >= 11 is 0. The predicted molar refractivity (Wildman–Crippen MR) is 56.4 cm³/mol. The van der Waals surface area contributed by atoms with E-state index in [1.165, 1.54) is 4.31 Å². The summed E-state index contributed by atoms with van der Waals surface area (Å²) in [5, 5.41) is 8.72. The molecule has 0 spiro atoms. The van der Waals surface area contributed by atoms with Crippen molar-refractivity contribution in [3.05, 3.63) is 0 Å². The lowest BCUT2D eigenvalue weighted by Gasteiger charge is -2.20. The summed E-state index contributed by atoms with van der Waals surface area (Å²) in [6, 6.07) is 0. The number of aliphatic hydroxyl groups is 1. The maximum Gasteiger partial charge on any atom is 0.214 e. The molecule has 0 saturated carbocycles. The van der Waals surface area contributed by atoms with Crippen molar-refractivity contribution >= 4 is 10.0 Å². The van der Waals surface area contributed by atoms with Crippen LogP contribution in [-0.2, 0) is 10.0 Å². The fourth-order valence-corrected chi connectivity index (χ4v) is 2.76. The van der Waals surface area contributed by atoms with E-state index in [0.717, 1.165) is 6.42 Å². The van der Waals surface area contributed by atoms with Crippen molar-refractivity contribution < 1.29 is 13.5 Å². The van der Waals surface area contributed by atoms with E-state index < -0.39 is 10.0 Å². The van der Waals surface area contributed by atoms with Gasteiger partial charge in [0, 0.05) is 13.1 Å². The monoisotopic (exact) mass is 224 g/mol. The second-order valence-corrected chi connectivity index (χ2v) is 5.17. The van der Waals surface area contributed by atoms with Gasteiger partial charge in [0.2, 0.25) is 10.0 Å². The largest absolute Gasteiger partial charge is 0.395 e. The van der Waals surface area contributed by atoms with Crippen molar-refractivity contribution in [3.63, 3.8) is 0 Å². The van der Waals surface area contributed by atoms with Gasteiger partial charge >= 0.3 is 0 Å². The highest BCUT2D eigenvalue weighted by Gasteiger charge is 2.19. The maximum absolute atomic E-state index is 11.6. The molecule has 0 aliphatic rings. The minimum atomic E-state index is -3.22. The van der Waals surface area contributed by atoms with Crippen molar-refractivity contribution in [2.45, 2.75) is 19.8 Å². The van der Waals surface area contributed by atoms with Gasteiger partial charge in [0.25, 0.3) is 0 Å². The highest BCUT2D eigenvalue weighted by atomic mass is 32.2. The van der Waals surface area contributed by atoms with Gasteiger partial charge in [-0.3, -0.25) is 0 Å². The van der Waals surface area contributed by atoms with Crippen LogP contribution in [0.5, 0.6) is 0 Å². The molecule has 0 unspecified atom stereocenters. The Kier molecular flexibility index (Phi) is 7.08. The highest BCUT2D eigenvalue weighted by Crippen LogP contribution is 2.03. The lowest BCUT2D eigenvalue weighted by molar-refractivity contribution is 0.253. The van der Waals surface area contributed by atoms with E-state index in [4.69, 9.17) is 10.8 Å². The summed E-state index contributed by atoms with van der Waals surface area (Å²) in [4.78, 5) is 0. The molecule has 0 aliphatic heterocycles. The molecule has 0 fully saturated rings. The molecular weight excluding hydrogens is 204 g/mol. The smallest absolute Gasteiger partial charge is 0.214 e. The van der Waals surface area contributed by atoms with Gasteiger partial charge in [0.15, 0.2) is 0 Å². The second kappa shape index (κ2) is 7.17. The van der Waals surface area contributed by atoms with Gasteiger partial charge in [0.1, 0.15) is 0 Å². The molecule has 86 valence electrons. The number of sulfonamides is 1. The number of hydrogen-bond donors (Lipinski definition) is 2. The van der Waals surface area contributed by atoms with E-state index in [9.17, 15) is 8.42 Å². The average Bonchev–Trinajstić information content (AvgIpc) is 2.14. The number of hydrogen-bond acceptors (Lipinski definition) is 4. The third-order valence-corrected chi connectivity index (χ3v) is 3.78. The summed E-state index contributed by atoms with van der Waals surface area (Å²) in [5.74, 6) is 0.0729. The van der Waals surface area contributed by atoms with Crippen molar-refractivity contribution in [2.75, 3.05) is 32.0 Å². The van der Waals surface area contributed by atoms with Gasteiger partial charge in [-0.25, -0.2) is 8.42 Å². The lowest BCUT2D eigenvalue weighted by Crippen LogP contribution is -2.36. The fourth-order valence-electron chi connectivity index (χ4n) is 1.15. The minimum absolute atomic E-state index is 0.0729. The summed E-state index contributed by atoms with van der Waals surface area (Å²) in [5.41, 5.74) is 5.25. The minimum Gasteiger partial charge on any atom is -0.395 e. The normalized spacial score (nSPS) is 12.3. The van der Waals surface area contributed by atoms with Crippen LogP contribution in [0.15, 0.2) is 0 Å². The van der Waals surface area contributed by atoms with Crippen LogP contribution >= 0.6 is 0 Å². The Hall–Kier alpha value is -0.170. The quantitative estimate of drug-likeness (QED) is 0.575. The van der Waals surface area contributed by atoms with Gasteiger partial charge in [-0.2, -0.15) is 4.31 Å². The van der Waals surface area contributed by atoms with E-state index in [1.54, 1.807) is 0 Å². The third-order valence-electron chi connectivity index (χ3n) is 1.82. The predicted octanol–water partition coefficient (Wildman–Crippen LogP) is -0.631. The molecule has 6 heteroatoms. The molecule has 0 saturated heterocycles. The van der Waals surface area contributed by atoms with Crippen LogP contribution in [0, 0.1) is 0 Å². The molecule has 0 aromatic carbocycles. The van der Waals surface area contributed by atoms with Gasteiger partial charge in [-0.05, 0) is 19.4 Å². The first-order valence-corrected chi connectivity index (χ1v) is 6.48. The number of nitrogens with zero attached hydrogens (tertiary/aromatic N) is 1. The maximum atomic E-state index is 11.6. The highest BCUT2D eigenvalue weighted by molar-refractivity contribution is 7.89. The summed E-state index contributed by atoms with van der Waals surface area (Å²) < 4.78 is 24.6. The molecule has 0 heterocycles. The van der Waals surface area contributed by atoms with E-state index in [-0.39, 0.29) is 18.9 Å². The molecule has 0 aromatic rings. The summed E-state index contributed by atoms with van der Waals surface area (Å²) in [7, 11) is -3.22. The number of aliphatic hydroxyl groups excluding tert-OH is 1. The number of nitrogens with two attached hydrogens (primary N) is 1. The molecule has 0 radical (unpaired) electrons. The standard InChI is InChI=1S/C8H20N2O3S/c1-2-5-10(6-7-11)14(12,13)8-3-4-9/h11H,2-9H2,1H3. The van der Waals surface area contributed by atoms with Crippen LogP contribution in [0.4, 0.5) is 0 Å². The van der Waals surface area contributed by atoms with E-state index in [1.807, 2.05) is 6.92 Å².